The molecule has 3 heterocycles. The monoisotopic (exact) mass is 378 g/mol. The second kappa shape index (κ2) is 5.79. The van der Waals surface area contributed by atoms with Crippen molar-refractivity contribution in [2.45, 2.75) is 19.4 Å². The number of methoxy groups -OCH3 is 1. The van der Waals surface area contributed by atoms with E-state index in [9.17, 15) is 4.79 Å². The lowest BCUT2D eigenvalue weighted by atomic mass is 9.98. The Labute approximate surface area is 160 Å². The third kappa shape index (κ3) is 2.45. The van der Waals surface area contributed by atoms with Crippen LogP contribution in [0.15, 0.2) is 45.8 Å². The van der Waals surface area contributed by atoms with Crippen LogP contribution < -0.4 is 24.4 Å². The Balaban J connectivity index is 1.75. The van der Waals surface area contributed by atoms with Gasteiger partial charge in [-0.15, -0.1) is 0 Å². The van der Waals surface area contributed by atoms with Crippen molar-refractivity contribution < 1.29 is 23.4 Å². The highest BCUT2D eigenvalue weighted by atomic mass is 16.7. The van der Waals surface area contributed by atoms with Crippen LogP contribution in [0.25, 0.3) is 28.2 Å². The highest BCUT2D eigenvalue weighted by Gasteiger charge is 2.27. The number of hydrogen-bond donors (Lipinski definition) is 0. The number of benzene rings is 2. The Morgan fingerprint density at radius 3 is 2.71 bits per heavy atom. The molecule has 0 spiro atoms. The molecule has 6 heteroatoms. The molecule has 0 amide bonds. The van der Waals surface area contributed by atoms with Crippen LogP contribution in [0, 0.1) is 0 Å². The Morgan fingerprint density at radius 1 is 1.07 bits per heavy atom. The largest absolute Gasteiger partial charge is 0.495 e. The SMILES string of the molecule is COc1c2c(cc3occ(-c4ccc5c(c4)OCO5)c(=O)c13)OC(C)(C)C=C2. The van der Waals surface area contributed by atoms with Crippen molar-refractivity contribution in [3.8, 4) is 34.1 Å². The van der Waals surface area contributed by atoms with E-state index in [-0.39, 0.29) is 12.2 Å². The minimum absolute atomic E-state index is 0.174. The van der Waals surface area contributed by atoms with Crippen LogP contribution in [-0.4, -0.2) is 19.5 Å². The van der Waals surface area contributed by atoms with Crippen LogP contribution >= 0.6 is 0 Å². The average molecular weight is 378 g/mol. The summed E-state index contributed by atoms with van der Waals surface area (Å²) in [5.41, 5.74) is 1.62. The fourth-order valence-corrected chi connectivity index (χ4v) is 3.56. The first-order valence-corrected chi connectivity index (χ1v) is 8.91. The summed E-state index contributed by atoms with van der Waals surface area (Å²) in [6, 6.07) is 7.10. The van der Waals surface area contributed by atoms with E-state index in [4.69, 9.17) is 23.4 Å². The Hall–Kier alpha value is -3.41. The third-order valence-electron chi connectivity index (χ3n) is 4.93. The molecule has 28 heavy (non-hydrogen) atoms. The van der Waals surface area contributed by atoms with Gasteiger partial charge in [0, 0.05) is 6.07 Å². The lowest BCUT2D eigenvalue weighted by molar-refractivity contribution is 0.158. The lowest BCUT2D eigenvalue weighted by Gasteiger charge is -2.28. The summed E-state index contributed by atoms with van der Waals surface area (Å²) in [5.74, 6) is 2.32. The van der Waals surface area contributed by atoms with Gasteiger partial charge in [-0.2, -0.15) is 0 Å². The predicted molar refractivity (Wildman–Crippen MR) is 104 cm³/mol. The zero-order chi connectivity index (χ0) is 19.5. The van der Waals surface area contributed by atoms with E-state index in [1.165, 1.54) is 13.4 Å². The zero-order valence-corrected chi connectivity index (χ0v) is 15.7. The van der Waals surface area contributed by atoms with E-state index in [2.05, 4.69) is 0 Å². The van der Waals surface area contributed by atoms with Crippen LogP contribution in [0.1, 0.15) is 19.4 Å². The second-order valence-corrected chi connectivity index (χ2v) is 7.28. The minimum Gasteiger partial charge on any atom is -0.495 e. The molecule has 5 rings (SSSR count). The predicted octanol–water partition coefficient (Wildman–Crippen LogP) is 4.38. The van der Waals surface area contributed by atoms with Gasteiger partial charge in [-0.3, -0.25) is 4.79 Å². The first-order chi connectivity index (χ1) is 13.5. The molecule has 0 N–H and O–H groups in total. The highest BCUT2D eigenvalue weighted by molar-refractivity contribution is 5.93. The molecule has 2 aliphatic heterocycles. The van der Waals surface area contributed by atoms with Gasteiger partial charge in [0.1, 0.15) is 34.3 Å². The molecular formula is C22H18O6. The molecule has 0 saturated heterocycles. The summed E-state index contributed by atoms with van der Waals surface area (Å²) >= 11 is 0. The third-order valence-corrected chi connectivity index (χ3v) is 4.93. The van der Waals surface area contributed by atoms with Gasteiger partial charge in [0.15, 0.2) is 11.5 Å². The van der Waals surface area contributed by atoms with Gasteiger partial charge in [-0.05, 0) is 43.7 Å². The highest BCUT2D eigenvalue weighted by Crippen LogP contribution is 2.42. The van der Waals surface area contributed by atoms with Crippen molar-refractivity contribution in [1.82, 2.24) is 0 Å². The lowest BCUT2D eigenvalue weighted by Crippen LogP contribution is -2.27. The maximum atomic E-state index is 13.3. The Bertz CT molecular complexity index is 1200. The quantitative estimate of drug-likeness (QED) is 0.659. The Morgan fingerprint density at radius 2 is 1.89 bits per heavy atom. The molecule has 0 aliphatic carbocycles. The van der Waals surface area contributed by atoms with Crippen LogP contribution in [0.4, 0.5) is 0 Å². The smallest absolute Gasteiger partial charge is 0.231 e. The van der Waals surface area contributed by atoms with Crippen molar-refractivity contribution in [3.05, 3.63) is 52.4 Å². The molecule has 0 bridgehead atoms. The van der Waals surface area contributed by atoms with E-state index in [1.807, 2.05) is 32.1 Å². The molecule has 3 aromatic rings. The van der Waals surface area contributed by atoms with Crippen LogP contribution in [0.3, 0.4) is 0 Å². The minimum atomic E-state index is -0.446. The average Bonchev–Trinajstić information content (AvgIpc) is 3.13. The molecule has 0 saturated carbocycles. The number of rotatable bonds is 2. The fourth-order valence-electron chi connectivity index (χ4n) is 3.56. The molecule has 2 aliphatic rings. The maximum absolute atomic E-state index is 13.3. The van der Waals surface area contributed by atoms with Crippen molar-refractivity contribution >= 4 is 17.0 Å². The normalized spacial score (nSPS) is 16.0. The molecule has 0 unspecified atom stereocenters. The summed E-state index contributed by atoms with van der Waals surface area (Å²) in [5, 5.41) is 0.379. The van der Waals surface area contributed by atoms with Gasteiger partial charge in [0.05, 0.1) is 18.2 Å². The second-order valence-electron chi connectivity index (χ2n) is 7.28. The zero-order valence-electron chi connectivity index (χ0n) is 15.7. The number of fused-ring (bicyclic) bond motifs is 3. The van der Waals surface area contributed by atoms with E-state index in [1.54, 1.807) is 18.2 Å². The number of ether oxygens (including phenoxy) is 4. The van der Waals surface area contributed by atoms with Crippen LogP contribution in [-0.2, 0) is 0 Å². The van der Waals surface area contributed by atoms with Gasteiger partial charge in [-0.25, -0.2) is 0 Å². The van der Waals surface area contributed by atoms with Gasteiger partial charge in [0.2, 0.25) is 12.2 Å². The fraction of sp³-hybridized carbons (Fsp3) is 0.227. The topological polar surface area (TPSA) is 67.1 Å². The molecule has 0 fully saturated rings. The van der Waals surface area contributed by atoms with Gasteiger partial charge < -0.3 is 23.4 Å². The molecule has 2 aromatic carbocycles. The van der Waals surface area contributed by atoms with Gasteiger partial charge >= 0.3 is 0 Å². The molecule has 0 radical (unpaired) electrons. The van der Waals surface area contributed by atoms with Crippen molar-refractivity contribution in [3.63, 3.8) is 0 Å². The summed E-state index contributed by atoms with van der Waals surface area (Å²) in [7, 11) is 1.54. The van der Waals surface area contributed by atoms with Gasteiger partial charge in [0.25, 0.3) is 0 Å². The maximum Gasteiger partial charge on any atom is 0.231 e. The number of hydrogen-bond acceptors (Lipinski definition) is 6. The molecule has 6 nitrogen and oxygen atoms in total. The van der Waals surface area contributed by atoms with Crippen molar-refractivity contribution in [1.29, 1.82) is 0 Å². The molecule has 142 valence electrons. The van der Waals surface area contributed by atoms with Crippen molar-refractivity contribution in [2.75, 3.05) is 13.9 Å². The van der Waals surface area contributed by atoms with Crippen LogP contribution in [0.5, 0.6) is 23.0 Å². The van der Waals surface area contributed by atoms with E-state index >= 15 is 0 Å². The first kappa shape index (κ1) is 16.7. The van der Waals surface area contributed by atoms with Crippen LogP contribution in [0.2, 0.25) is 0 Å². The van der Waals surface area contributed by atoms with E-state index in [0.29, 0.717) is 45.1 Å². The molecule has 1 aromatic heterocycles. The first-order valence-electron chi connectivity index (χ1n) is 8.91. The van der Waals surface area contributed by atoms with E-state index in [0.717, 1.165) is 5.56 Å². The summed E-state index contributed by atoms with van der Waals surface area (Å²) in [6.45, 7) is 4.10. The standard InChI is InChI=1S/C22H18O6/c1-22(2)7-6-13-16(28-22)9-18-19(21(13)24-3)20(23)14(10-25-18)12-4-5-15-17(8-12)27-11-26-15/h4-10H,11H2,1-3H3. The van der Waals surface area contributed by atoms with E-state index < -0.39 is 5.60 Å². The Kier molecular flexibility index (Phi) is 3.46. The summed E-state index contributed by atoms with van der Waals surface area (Å²) in [4.78, 5) is 13.3. The van der Waals surface area contributed by atoms with Gasteiger partial charge in [-0.1, -0.05) is 6.07 Å². The van der Waals surface area contributed by atoms with Crippen molar-refractivity contribution in [2.24, 2.45) is 0 Å². The molecular weight excluding hydrogens is 360 g/mol. The summed E-state index contributed by atoms with van der Waals surface area (Å²) in [6.07, 6.45) is 5.31. The summed E-state index contributed by atoms with van der Waals surface area (Å²) < 4.78 is 28.2. The molecule has 0 atom stereocenters.